The van der Waals surface area contributed by atoms with Gasteiger partial charge in [-0.3, -0.25) is 0 Å². The molecule has 0 amide bonds. The standard InChI is InChI=1S/C6H12F2N2/c1-10-3-2-5(9)6(7,8)4-10/h5H,2-4,9H2,1H3. The molecule has 0 spiro atoms. The van der Waals surface area contributed by atoms with E-state index in [9.17, 15) is 8.78 Å². The van der Waals surface area contributed by atoms with Crippen LogP contribution in [-0.2, 0) is 0 Å². The first-order chi connectivity index (χ1) is 4.52. The molecule has 0 bridgehead atoms. The van der Waals surface area contributed by atoms with Crippen LogP contribution in [0.1, 0.15) is 6.42 Å². The Labute approximate surface area is 59.0 Å². The van der Waals surface area contributed by atoms with Crippen LogP contribution >= 0.6 is 0 Å². The second-order valence-corrected chi connectivity index (χ2v) is 2.89. The predicted molar refractivity (Wildman–Crippen MR) is 35.0 cm³/mol. The van der Waals surface area contributed by atoms with Gasteiger partial charge in [0.15, 0.2) is 0 Å². The maximum Gasteiger partial charge on any atom is 0.275 e. The first-order valence-corrected chi connectivity index (χ1v) is 3.34. The van der Waals surface area contributed by atoms with E-state index in [-0.39, 0.29) is 6.54 Å². The number of piperidine rings is 1. The van der Waals surface area contributed by atoms with Crippen LogP contribution in [0.3, 0.4) is 0 Å². The SMILES string of the molecule is CN1CCC(N)C(F)(F)C1. The second kappa shape index (κ2) is 2.43. The van der Waals surface area contributed by atoms with Crippen molar-refractivity contribution in [3.8, 4) is 0 Å². The van der Waals surface area contributed by atoms with E-state index in [2.05, 4.69) is 0 Å². The van der Waals surface area contributed by atoms with Crippen molar-refractivity contribution in [2.24, 2.45) is 5.73 Å². The number of hydrogen-bond donors (Lipinski definition) is 1. The first kappa shape index (κ1) is 7.88. The van der Waals surface area contributed by atoms with Crippen molar-refractivity contribution in [2.45, 2.75) is 18.4 Å². The van der Waals surface area contributed by atoms with Gasteiger partial charge in [0.05, 0.1) is 12.6 Å². The van der Waals surface area contributed by atoms with Crippen LogP contribution in [0.5, 0.6) is 0 Å². The molecule has 1 rings (SSSR count). The molecule has 1 heterocycles. The van der Waals surface area contributed by atoms with E-state index in [4.69, 9.17) is 5.73 Å². The Kier molecular flexibility index (Phi) is 1.92. The van der Waals surface area contributed by atoms with Crippen LogP contribution < -0.4 is 5.73 Å². The molecule has 0 saturated carbocycles. The minimum Gasteiger partial charge on any atom is -0.323 e. The molecule has 0 aliphatic carbocycles. The third-order valence-electron chi connectivity index (χ3n) is 1.85. The summed E-state index contributed by atoms with van der Waals surface area (Å²) >= 11 is 0. The Morgan fingerprint density at radius 1 is 1.60 bits per heavy atom. The molecule has 0 aromatic rings. The van der Waals surface area contributed by atoms with Gasteiger partial charge in [-0.1, -0.05) is 0 Å². The number of nitrogens with zero attached hydrogens (tertiary/aromatic N) is 1. The van der Waals surface area contributed by atoms with Crippen molar-refractivity contribution in [2.75, 3.05) is 20.1 Å². The molecule has 1 saturated heterocycles. The third-order valence-corrected chi connectivity index (χ3v) is 1.85. The van der Waals surface area contributed by atoms with Crippen molar-refractivity contribution in [1.29, 1.82) is 0 Å². The van der Waals surface area contributed by atoms with E-state index in [1.54, 1.807) is 11.9 Å². The summed E-state index contributed by atoms with van der Waals surface area (Å²) in [5, 5.41) is 0. The lowest BCUT2D eigenvalue weighted by atomic mass is 10.0. The summed E-state index contributed by atoms with van der Waals surface area (Å²) < 4.78 is 25.4. The molecule has 1 atom stereocenters. The van der Waals surface area contributed by atoms with Gasteiger partial charge in [0.2, 0.25) is 0 Å². The Hall–Kier alpha value is -0.220. The summed E-state index contributed by atoms with van der Waals surface area (Å²) in [5.41, 5.74) is 5.20. The van der Waals surface area contributed by atoms with Crippen LogP contribution in [0.25, 0.3) is 0 Å². The van der Waals surface area contributed by atoms with Gasteiger partial charge in [0.1, 0.15) is 0 Å². The third kappa shape index (κ3) is 1.44. The van der Waals surface area contributed by atoms with Crippen molar-refractivity contribution in [3.63, 3.8) is 0 Å². The summed E-state index contributed by atoms with van der Waals surface area (Å²) in [7, 11) is 1.68. The fourth-order valence-corrected chi connectivity index (χ4v) is 1.13. The lowest BCUT2D eigenvalue weighted by molar-refractivity contribution is -0.0733. The molecule has 1 aliphatic rings. The lowest BCUT2D eigenvalue weighted by Gasteiger charge is -2.34. The predicted octanol–water partition coefficient (Wildman–Crippen LogP) is 0.285. The van der Waals surface area contributed by atoms with Gasteiger partial charge in [-0.2, -0.15) is 0 Å². The fourth-order valence-electron chi connectivity index (χ4n) is 1.13. The smallest absolute Gasteiger partial charge is 0.275 e. The monoisotopic (exact) mass is 150 g/mol. The first-order valence-electron chi connectivity index (χ1n) is 3.34. The highest BCUT2D eigenvalue weighted by Gasteiger charge is 2.40. The zero-order chi connectivity index (χ0) is 7.78. The highest BCUT2D eigenvalue weighted by molar-refractivity contribution is 4.87. The number of halogens is 2. The van der Waals surface area contributed by atoms with E-state index in [0.29, 0.717) is 13.0 Å². The minimum absolute atomic E-state index is 0.200. The molecule has 2 N–H and O–H groups in total. The number of hydrogen-bond acceptors (Lipinski definition) is 2. The fraction of sp³-hybridized carbons (Fsp3) is 1.00. The number of alkyl halides is 2. The molecule has 1 unspecified atom stereocenters. The molecule has 0 aromatic heterocycles. The summed E-state index contributed by atoms with van der Waals surface area (Å²) in [6, 6.07) is -0.941. The molecular weight excluding hydrogens is 138 g/mol. The molecular formula is C6H12F2N2. The largest absolute Gasteiger partial charge is 0.323 e. The Balaban J connectivity index is 2.55. The van der Waals surface area contributed by atoms with E-state index in [1.165, 1.54) is 0 Å². The molecule has 0 aromatic carbocycles. The maximum absolute atomic E-state index is 12.7. The summed E-state index contributed by atoms with van der Waals surface area (Å²) in [5.74, 6) is -2.69. The topological polar surface area (TPSA) is 29.3 Å². The summed E-state index contributed by atoms with van der Waals surface area (Å²) in [6.07, 6.45) is 0.392. The van der Waals surface area contributed by atoms with Crippen molar-refractivity contribution >= 4 is 0 Å². The molecule has 10 heavy (non-hydrogen) atoms. The Morgan fingerprint density at radius 2 is 2.20 bits per heavy atom. The average molecular weight is 150 g/mol. The highest BCUT2D eigenvalue weighted by atomic mass is 19.3. The van der Waals surface area contributed by atoms with Gasteiger partial charge in [0.25, 0.3) is 5.92 Å². The van der Waals surface area contributed by atoms with Crippen LogP contribution in [0.15, 0.2) is 0 Å². The summed E-state index contributed by atoms with van der Waals surface area (Å²) in [4.78, 5) is 1.60. The Bertz CT molecular complexity index is 127. The lowest BCUT2D eigenvalue weighted by Crippen LogP contribution is -2.54. The second-order valence-electron chi connectivity index (χ2n) is 2.89. The average Bonchev–Trinajstić information content (AvgIpc) is 1.78. The zero-order valence-electron chi connectivity index (χ0n) is 5.98. The van der Waals surface area contributed by atoms with E-state index < -0.39 is 12.0 Å². The van der Waals surface area contributed by atoms with Gasteiger partial charge in [-0.25, -0.2) is 8.78 Å². The van der Waals surface area contributed by atoms with E-state index >= 15 is 0 Å². The number of rotatable bonds is 0. The minimum atomic E-state index is -2.69. The van der Waals surface area contributed by atoms with Crippen LogP contribution in [0.4, 0.5) is 8.78 Å². The number of nitrogens with two attached hydrogens (primary N) is 1. The molecule has 2 nitrogen and oxygen atoms in total. The van der Waals surface area contributed by atoms with Crippen LogP contribution in [0.2, 0.25) is 0 Å². The van der Waals surface area contributed by atoms with E-state index in [1.807, 2.05) is 0 Å². The molecule has 1 fully saturated rings. The van der Waals surface area contributed by atoms with Gasteiger partial charge < -0.3 is 10.6 Å². The number of likely N-dealkylation sites (tertiary alicyclic amines) is 1. The normalized spacial score (nSPS) is 34.2. The van der Waals surface area contributed by atoms with Gasteiger partial charge in [-0.15, -0.1) is 0 Å². The highest BCUT2D eigenvalue weighted by Crippen LogP contribution is 2.24. The van der Waals surface area contributed by atoms with Gasteiger partial charge >= 0.3 is 0 Å². The molecule has 60 valence electrons. The van der Waals surface area contributed by atoms with Crippen LogP contribution in [0, 0.1) is 0 Å². The quantitative estimate of drug-likeness (QED) is 0.537. The Morgan fingerprint density at radius 3 is 2.60 bits per heavy atom. The zero-order valence-corrected chi connectivity index (χ0v) is 5.98. The van der Waals surface area contributed by atoms with Crippen molar-refractivity contribution in [1.82, 2.24) is 4.90 Å². The van der Waals surface area contributed by atoms with Crippen LogP contribution in [-0.4, -0.2) is 37.0 Å². The molecule has 1 aliphatic heterocycles. The molecule has 4 heteroatoms. The molecule has 0 radical (unpaired) electrons. The van der Waals surface area contributed by atoms with Gasteiger partial charge in [-0.05, 0) is 20.0 Å². The maximum atomic E-state index is 12.7. The van der Waals surface area contributed by atoms with E-state index in [0.717, 1.165) is 0 Å². The summed E-state index contributed by atoms with van der Waals surface area (Å²) in [6.45, 7) is 0.477. The van der Waals surface area contributed by atoms with Gasteiger partial charge in [0, 0.05) is 0 Å². The van der Waals surface area contributed by atoms with Crippen molar-refractivity contribution in [3.05, 3.63) is 0 Å². The van der Waals surface area contributed by atoms with Crippen molar-refractivity contribution < 1.29 is 8.78 Å².